The van der Waals surface area contributed by atoms with Gasteiger partial charge in [0.25, 0.3) is 5.91 Å². The molecule has 2 N–H and O–H groups in total. The lowest BCUT2D eigenvalue weighted by molar-refractivity contribution is -0.151. The summed E-state index contributed by atoms with van der Waals surface area (Å²) in [6.45, 7) is 0.321. The quantitative estimate of drug-likeness (QED) is 0.637. The van der Waals surface area contributed by atoms with E-state index in [1.165, 1.54) is 12.0 Å². The molecule has 0 radical (unpaired) electrons. The van der Waals surface area contributed by atoms with Crippen molar-refractivity contribution < 1.29 is 27.8 Å². The minimum atomic E-state index is -1.18. The molecule has 0 saturated carbocycles. The van der Waals surface area contributed by atoms with Crippen molar-refractivity contribution in [1.29, 1.82) is 0 Å². The zero-order valence-corrected chi connectivity index (χ0v) is 11.3. The third kappa shape index (κ3) is 2.94. The molecular weight excluding hydrogens is 286 g/mol. The van der Waals surface area contributed by atoms with Crippen LogP contribution in [-0.4, -0.2) is 49.7 Å². The van der Waals surface area contributed by atoms with Crippen LogP contribution in [-0.2, 0) is 14.3 Å². The number of nitrogens with zero attached hydrogens (tertiary/aromatic N) is 1. The highest BCUT2D eigenvalue weighted by atomic mass is 19.2. The van der Waals surface area contributed by atoms with Crippen molar-refractivity contribution >= 4 is 17.6 Å². The fraction of sp³-hybridized carbons (Fsp3) is 0.385. The van der Waals surface area contributed by atoms with Crippen LogP contribution in [0.3, 0.4) is 0 Å². The first kappa shape index (κ1) is 15.2. The topological polar surface area (TPSA) is 81.9 Å². The zero-order chi connectivity index (χ0) is 15.6. The Morgan fingerprint density at radius 1 is 1.38 bits per heavy atom. The Morgan fingerprint density at radius 2 is 2.05 bits per heavy atom. The lowest BCUT2D eigenvalue weighted by Gasteiger charge is -2.33. The number of hydrogen-bond acceptors (Lipinski definition) is 5. The van der Waals surface area contributed by atoms with Crippen LogP contribution >= 0.6 is 0 Å². The molecule has 0 bridgehead atoms. The van der Waals surface area contributed by atoms with E-state index in [0.717, 1.165) is 12.1 Å². The SMILES string of the molecule is COC(=O)C1COCCN1C(=O)c1cc(F)c(F)cc1N. The molecule has 0 aliphatic carbocycles. The number of esters is 1. The molecule has 1 aromatic carbocycles. The van der Waals surface area contributed by atoms with Gasteiger partial charge >= 0.3 is 5.97 Å². The second-order valence-corrected chi connectivity index (χ2v) is 4.47. The van der Waals surface area contributed by atoms with Crippen LogP contribution in [0.5, 0.6) is 0 Å². The molecule has 1 atom stereocenters. The highest BCUT2D eigenvalue weighted by Gasteiger charge is 2.35. The number of anilines is 1. The summed E-state index contributed by atoms with van der Waals surface area (Å²) in [5.41, 5.74) is 5.15. The van der Waals surface area contributed by atoms with E-state index in [1.807, 2.05) is 0 Å². The summed E-state index contributed by atoms with van der Waals surface area (Å²) in [6, 6.07) is 0.510. The molecule has 6 nitrogen and oxygen atoms in total. The number of halogens is 2. The smallest absolute Gasteiger partial charge is 0.331 e. The van der Waals surface area contributed by atoms with Crippen molar-refractivity contribution in [3.05, 3.63) is 29.3 Å². The normalized spacial score (nSPS) is 18.4. The molecule has 2 rings (SSSR count). The molecule has 8 heteroatoms. The van der Waals surface area contributed by atoms with Crippen LogP contribution in [0.4, 0.5) is 14.5 Å². The fourth-order valence-corrected chi connectivity index (χ4v) is 2.08. The van der Waals surface area contributed by atoms with Crippen molar-refractivity contribution in [2.24, 2.45) is 0 Å². The number of ether oxygens (including phenoxy) is 2. The van der Waals surface area contributed by atoms with Crippen molar-refractivity contribution in [3.63, 3.8) is 0 Å². The van der Waals surface area contributed by atoms with E-state index in [2.05, 4.69) is 4.74 Å². The molecule has 1 aliphatic heterocycles. The molecule has 0 spiro atoms. The van der Waals surface area contributed by atoms with Crippen molar-refractivity contribution in [3.8, 4) is 0 Å². The average Bonchev–Trinajstić information content (AvgIpc) is 2.49. The van der Waals surface area contributed by atoms with Gasteiger partial charge in [0, 0.05) is 18.3 Å². The van der Waals surface area contributed by atoms with Gasteiger partial charge in [-0.3, -0.25) is 4.79 Å². The predicted molar refractivity (Wildman–Crippen MR) is 68.4 cm³/mol. The van der Waals surface area contributed by atoms with Crippen LogP contribution in [0, 0.1) is 11.6 Å². The second kappa shape index (κ2) is 6.04. The minimum Gasteiger partial charge on any atom is -0.467 e. The predicted octanol–water partition coefficient (Wildman–Crippen LogP) is 0.561. The fourth-order valence-electron chi connectivity index (χ4n) is 2.08. The van der Waals surface area contributed by atoms with E-state index in [9.17, 15) is 18.4 Å². The van der Waals surface area contributed by atoms with Gasteiger partial charge in [0.15, 0.2) is 17.7 Å². The van der Waals surface area contributed by atoms with E-state index >= 15 is 0 Å². The van der Waals surface area contributed by atoms with E-state index in [1.54, 1.807) is 0 Å². The molecule has 1 fully saturated rings. The van der Waals surface area contributed by atoms with Gasteiger partial charge in [0.05, 0.1) is 25.9 Å². The van der Waals surface area contributed by atoms with E-state index in [4.69, 9.17) is 10.5 Å². The van der Waals surface area contributed by atoms with Gasteiger partial charge < -0.3 is 20.1 Å². The number of carbonyl (C=O) groups is 2. The van der Waals surface area contributed by atoms with E-state index < -0.39 is 29.6 Å². The maximum absolute atomic E-state index is 13.3. The van der Waals surface area contributed by atoms with Crippen LogP contribution in [0.25, 0.3) is 0 Å². The summed E-state index contributed by atoms with van der Waals surface area (Å²) in [4.78, 5) is 25.2. The Kier molecular flexibility index (Phi) is 4.37. The molecule has 1 heterocycles. The second-order valence-electron chi connectivity index (χ2n) is 4.47. The van der Waals surface area contributed by atoms with Crippen LogP contribution in [0.1, 0.15) is 10.4 Å². The lowest BCUT2D eigenvalue weighted by atomic mass is 10.1. The molecule has 1 aliphatic rings. The number of nitrogens with two attached hydrogens (primary N) is 1. The highest BCUT2D eigenvalue weighted by molar-refractivity contribution is 6.01. The highest BCUT2D eigenvalue weighted by Crippen LogP contribution is 2.21. The summed E-state index contributed by atoms with van der Waals surface area (Å²) in [5.74, 6) is -3.65. The first-order valence-electron chi connectivity index (χ1n) is 6.16. The maximum Gasteiger partial charge on any atom is 0.331 e. The maximum atomic E-state index is 13.3. The standard InChI is InChI=1S/C13H14F2N2O4/c1-20-13(19)11-6-21-3-2-17(11)12(18)7-4-8(14)9(15)5-10(7)16/h4-5,11H,2-3,6,16H2,1H3. The Balaban J connectivity index is 2.33. The molecule has 21 heavy (non-hydrogen) atoms. The molecule has 114 valence electrons. The van der Waals surface area contributed by atoms with Crippen molar-refractivity contribution in [1.82, 2.24) is 4.90 Å². The van der Waals surface area contributed by atoms with Crippen LogP contribution in [0.15, 0.2) is 12.1 Å². The van der Waals surface area contributed by atoms with Crippen LogP contribution < -0.4 is 5.73 Å². The van der Waals surface area contributed by atoms with Gasteiger partial charge in [-0.15, -0.1) is 0 Å². The average molecular weight is 300 g/mol. The number of methoxy groups -OCH3 is 1. The van der Waals surface area contributed by atoms with Crippen LogP contribution in [0.2, 0.25) is 0 Å². The van der Waals surface area contributed by atoms with Crippen molar-refractivity contribution in [2.45, 2.75) is 6.04 Å². The number of rotatable bonds is 2. The first-order chi connectivity index (χ1) is 9.95. The number of amides is 1. The minimum absolute atomic E-state index is 0.0258. The molecule has 1 amide bonds. The zero-order valence-electron chi connectivity index (χ0n) is 11.3. The first-order valence-corrected chi connectivity index (χ1v) is 6.16. The Morgan fingerprint density at radius 3 is 2.71 bits per heavy atom. The monoisotopic (exact) mass is 300 g/mol. The van der Waals surface area contributed by atoms with Gasteiger partial charge in [-0.1, -0.05) is 0 Å². The summed E-state index contributed by atoms with van der Waals surface area (Å²) in [7, 11) is 1.19. The summed E-state index contributed by atoms with van der Waals surface area (Å²) >= 11 is 0. The van der Waals surface area contributed by atoms with Gasteiger partial charge in [0.1, 0.15) is 0 Å². The van der Waals surface area contributed by atoms with Gasteiger partial charge in [-0.05, 0) is 6.07 Å². The molecule has 1 saturated heterocycles. The lowest BCUT2D eigenvalue weighted by Crippen LogP contribution is -2.53. The molecule has 1 aromatic rings. The Hall–Kier alpha value is -2.22. The molecule has 1 unspecified atom stereocenters. The summed E-state index contributed by atoms with van der Waals surface area (Å²) in [6.07, 6.45) is 0. The van der Waals surface area contributed by atoms with Gasteiger partial charge in [0.2, 0.25) is 0 Å². The Labute approximate surface area is 119 Å². The third-order valence-corrected chi connectivity index (χ3v) is 3.19. The molecule has 0 aromatic heterocycles. The number of morpholine rings is 1. The number of benzene rings is 1. The summed E-state index contributed by atoms with van der Waals surface area (Å²) < 4.78 is 36.1. The summed E-state index contributed by atoms with van der Waals surface area (Å²) in [5, 5.41) is 0. The van der Waals surface area contributed by atoms with Gasteiger partial charge in [-0.2, -0.15) is 0 Å². The van der Waals surface area contributed by atoms with E-state index in [-0.39, 0.29) is 31.0 Å². The molecular formula is C13H14F2N2O4. The largest absolute Gasteiger partial charge is 0.467 e. The number of nitrogen functional groups attached to an aromatic ring is 1. The van der Waals surface area contributed by atoms with Crippen molar-refractivity contribution in [2.75, 3.05) is 32.6 Å². The van der Waals surface area contributed by atoms with E-state index in [0.29, 0.717) is 0 Å². The van der Waals surface area contributed by atoms with Gasteiger partial charge in [-0.25, -0.2) is 13.6 Å². The third-order valence-electron chi connectivity index (χ3n) is 3.19. The number of carbonyl (C=O) groups excluding carboxylic acids is 2. The number of hydrogen-bond donors (Lipinski definition) is 1. The Bertz CT molecular complexity index is 580.